The fourth-order valence-corrected chi connectivity index (χ4v) is 5.82. The zero-order chi connectivity index (χ0) is 27.1. The van der Waals surface area contributed by atoms with Crippen LogP contribution in [0.4, 0.5) is 10.2 Å². The van der Waals surface area contributed by atoms with E-state index in [-0.39, 0.29) is 34.1 Å². The Morgan fingerprint density at radius 3 is 2.79 bits per heavy atom. The van der Waals surface area contributed by atoms with Crippen LogP contribution in [0.5, 0.6) is 6.01 Å². The number of aromatic nitrogens is 4. The molecule has 1 N–H and O–H groups in total. The quantitative estimate of drug-likeness (QED) is 0.359. The van der Waals surface area contributed by atoms with Gasteiger partial charge in [-0.3, -0.25) is 9.89 Å². The molecule has 2 fully saturated rings. The lowest BCUT2D eigenvalue weighted by atomic mass is 9.99. The molecule has 39 heavy (non-hydrogen) atoms. The summed E-state index contributed by atoms with van der Waals surface area (Å²) in [5, 5.41) is 8.54. The van der Waals surface area contributed by atoms with Gasteiger partial charge in [-0.25, -0.2) is 4.39 Å². The topological polar surface area (TPSA) is 90.5 Å². The highest BCUT2D eigenvalue weighted by Crippen LogP contribution is 2.41. The van der Waals surface area contributed by atoms with Crippen LogP contribution in [0.15, 0.2) is 43.1 Å². The molecular weight excluding hydrogens is 521 g/mol. The summed E-state index contributed by atoms with van der Waals surface area (Å²) in [5.74, 6) is -0.119. The van der Waals surface area contributed by atoms with Crippen molar-refractivity contribution in [1.82, 2.24) is 30.0 Å². The number of aromatic amines is 1. The van der Waals surface area contributed by atoms with Crippen LogP contribution < -0.4 is 9.64 Å². The standard InChI is InChI=1S/C28H29ClFN7O2/c1-3-23(38)36-10-12-37(13-11-36)27-19-14-21(29)24(18-7-4-8-22-20(18)15-31-34-22)25(30)26(19)32-28(33-27)39-16-17-6-5-9-35(17)2/h3-4,7-8,14-15,17H,1,5-6,9-13,16H2,2H3,(H,31,34)/t17-/m0/s1. The van der Waals surface area contributed by atoms with E-state index in [4.69, 9.17) is 21.3 Å². The largest absolute Gasteiger partial charge is 0.462 e. The second-order valence-electron chi connectivity index (χ2n) is 10.0. The van der Waals surface area contributed by atoms with Gasteiger partial charge in [0.25, 0.3) is 0 Å². The van der Waals surface area contributed by atoms with Gasteiger partial charge < -0.3 is 19.4 Å². The number of likely N-dealkylation sites (N-methyl/N-ethyl adjacent to an activating group) is 1. The summed E-state index contributed by atoms with van der Waals surface area (Å²) in [5.41, 5.74) is 1.79. The molecule has 202 valence electrons. The molecule has 1 amide bonds. The van der Waals surface area contributed by atoms with Gasteiger partial charge in [-0.05, 0) is 50.2 Å². The van der Waals surface area contributed by atoms with E-state index in [1.165, 1.54) is 6.08 Å². The van der Waals surface area contributed by atoms with E-state index in [9.17, 15) is 4.79 Å². The number of carbonyl (C=O) groups excluding carboxylic acids is 1. The minimum Gasteiger partial charge on any atom is -0.462 e. The van der Waals surface area contributed by atoms with E-state index in [1.54, 1.807) is 17.2 Å². The normalized spacial score (nSPS) is 18.3. The van der Waals surface area contributed by atoms with Crippen LogP contribution in [-0.2, 0) is 4.79 Å². The summed E-state index contributed by atoms with van der Waals surface area (Å²) < 4.78 is 22.5. The molecule has 2 aliphatic rings. The van der Waals surface area contributed by atoms with E-state index in [0.29, 0.717) is 49.6 Å². The van der Waals surface area contributed by atoms with Gasteiger partial charge >= 0.3 is 6.01 Å². The van der Waals surface area contributed by atoms with Crippen molar-refractivity contribution in [2.45, 2.75) is 18.9 Å². The molecule has 0 spiro atoms. The molecule has 11 heteroatoms. The Hall–Kier alpha value is -3.76. The summed E-state index contributed by atoms with van der Waals surface area (Å²) in [6, 6.07) is 7.62. The number of halogens is 2. The minimum atomic E-state index is -0.543. The first-order valence-corrected chi connectivity index (χ1v) is 13.4. The van der Waals surface area contributed by atoms with Crippen molar-refractivity contribution in [3.05, 3.63) is 54.0 Å². The highest BCUT2D eigenvalue weighted by molar-refractivity contribution is 6.35. The zero-order valence-electron chi connectivity index (χ0n) is 21.7. The van der Waals surface area contributed by atoms with Crippen LogP contribution in [0, 0.1) is 5.82 Å². The SMILES string of the molecule is C=CC(=O)N1CCN(c2nc(OC[C@@H]3CCCN3C)nc3c(F)c(-c4cccc5[nH]ncc45)c(Cl)cc23)CC1. The molecule has 2 aromatic carbocycles. The third-order valence-corrected chi connectivity index (χ3v) is 8.04. The number of H-pyrrole nitrogens is 1. The predicted molar refractivity (Wildman–Crippen MR) is 150 cm³/mol. The van der Waals surface area contributed by atoms with Gasteiger partial charge in [0, 0.05) is 48.6 Å². The first-order chi connectivity index (χ1) is 18.9. The molecule has 1 atom stereocenters. The van der Waals surface area contributed by atoms with Crippen molar-refractivity contribution < 1.29 is 13.9 Å². The Morgan fingerprint density at radius 2 is 2.05 bits per heavy atom. The van der Waals surface area contributed by atoms with Gasteiger partial charge in [-0.2, -0.15) is 15.1 Å². The van der Waals surface area contributed by atoms with Crippen molar-refractivity contribution in [1.29, 1.82) is 0 Å². The number of likely N-dealkylation sites (tertiary alicyclic amines) is 1. The van der Waals surface area contributed by atoms with E-state index < -0.39 is 5.82 Å². The van der Waals surface area contributed by atoms with Gasteiger partial charge in [-0.1, -0.05) is 30.3 Å². The van der Waals surface area contributed by atoms with E-state index >= 15 is 4.39 Å². The van der Waals surface area contributed by atoms with Crippen molar-refractivity contribution in [3.63, 3.8) is 0 Å². The Balaban J connectivity index is 1.45. The van der Waals surface area contributed by atoms with Crippen molar-refractivity contribution in [3.8, 4) is 17.1 Å². The maximum atomic E-state index is 16.4. The van der Waals surface area contributed by atoms with Gasteiger partial charge in [0.15, 0.2) is 5.82 Å². The molecule has 6 rings (SSSR count). The maximum absolute atomic E-state index is 16.4. The van der Waals surface area contributed by atoms with Crippen LogP contribution >= 0.6 is 11.6 Å². The number of carbonyl (C=O) groups is 1. The molecule has 0 saturated carbocycles. The van der Waals surface area contributed by atoms with Gasteiger partial charge in [-0.15, -0.1) is 0 Å². The van der Waals surface area contributed by atoms with Crippen LogP contribution in [-0.4, -0.2) is 88.3 Å². The lowest BCUT2D eigenvalue weighted by Crippen LogP contribution is -2.48. The Labute approximate surface area is 230 Å². The van der Waals surface area contributed by atoms with Crippen LogP contribution in [0.25, 0.3) is 32.9 Å². The highest BCUT2D eigenvalue weighted by Gasteiger charge is 2.27. The van der Waals surface area contributed by atoms with E-state index in [0.717, 1.165) is 30.3 Å². The van der Waals surface area contributed by atoms with E-state index in [2.05, 4.69) is 33.7 Å². The number of hydrogen-bond acceptors (Lipinski definition) is 7. The summed E-state index contributed by atoms with van der Waals surface area (Å²) in [6.07, 6.45) is 5.11. The number of nitrogens with zero attached hydrogens (tertiary/aromatic N) is 6. The van der Waals surface area contributed by atoms with Crippen LogP contribution in [0.2, 0.25) is 5.02 Å². The molecule has 2 aromatic heterocycles. The fourth-order valence-electron chi connectivity index (χ4n) is 5.53. The zero-order valence-corrected chi connectivity index (χ0v) is 22.4. The Morgan fingerprint density at radius 1 is 1.23 bits per heavy atom. The predicted octanol–water partition coefficient (Wildman–Crippen LogP) is 4.27. The number of piperazine rings is 1. The van der Waals surface area contributed by atoms with Crippen molar-refractivity contribution >= 4 is 45.1 Å². The average molecular weight is 550 g/mol. The average Bonchev–Trinajstić information content (AvgIpc) is 3.60. The smallest absolute Gasteiger partial charge is 0.319 e. The molecular formula is C28H29ClFN7O2. The number of anilines is 1. The lowest BCUT2D eigenvalue weighted by molar-refractivity contribution is -0.126. The van der Waals surface area contributed by atoms with Crippen molar-refractivity contribution in [2.75, 3.05) is 51.3 Å². The number of benzene rings is 2. The van der Waals surface area contributed by atoms with Gasteiger partial charge in [0.1, 0.15) is 17.9 Å². The first-order valence-electron chi connectivity index (χ1n) is 13.1. The molecule has 4 heterocycles. The number of rotatable bonds is 6. The maximum Gasteiger partial charge on any atom is 0.319 e. The summed E-state index contributed by atoms with van der Waals surface area (Å²) in [4.78, 5) is 27.4. The Bertz CT molecular complexity index is 1570. The van der Waals surface area contributed by atoms with Gasteiger partial charge in [0.2, 0.25) is 5.91 Å². The number of hydrogen-bond donors (Lipinski definition) is 1. The summed E-state index contributed by atoms with van der Waals surface area (Å²) in [7, 11) is 2.07. The monoisotopic (exact) mass is 549 g/mol. The molecule has 9 nitrogen and oxygen atoms in total. The van der Waals surface area contributed by atoms with Crippen molar-refractivity contribution in [2.24, 2.45) is 0 Å². The molecule has 2 aliphatic heterocycles. The summed E-state index contributed by atoms with van der Waals surface area (Å²) in [6.45, 7) is 7.05. The number of ether oxygens (including phenoxy) is 1. The lowest BCUT2D eigenvalue weighted by Gasteiger charge is -2.35. The molecule has 0 aliphatic carbocycles. The number of nitrogens with one attached hydrogen (secondary N) is 1. The second-order valence-corrected chi connectivity index (χ2v) is 10.4. The molecule has 2 saturated heterocycles. The highest BCUT2D eigenvalue weighted by atomic mass is 35.5. The molecule has 4 aromatic rings. The Kier molecular flexibility index (Phi) is 6.82. The van der Waals surface area contributed by atoms with Crippen LogP contribution in [0.1, 0.15) is 12.8 Å². The number of amides is 1. The summed E-state index contributed by atoms with van der Waals surface area (Å²) >= 11 is 6.76. The second kappa shape index (κ2) is 10.4. The first kappa shape index (κ1) is 25.5. The fraction of sp³-hybridized carbons (Fsp3) is 0.357. The third-order valence-electron chi connectivity index (χ3n) is 7.74. The third kappa shape index (κ3) is 4.68. The molecule has 0 radical (unpaired) electrons. The number of fused-ring (bicyclic) bond motifs is 2. The van der Waals surface area contributed by atoms with Gasteiger partial charge in [0.05, 0.1) is 16.7 Å². The molecule has 0 unspecified atom stereocenters. The minimum absolute atomic E-state index is 0.112. The molecule has 0 bridgehead atoms. The van der Waals surface area contributed by atoms with E-state index in [1.807, 2.05) is 23.1 Å². The van der Waals surface area contributed by atoms with Crippen LogP contribution in [0.3, 0.4) is 0 Å².